The average Bonchev–Trinajstić information content (AvgIpc) is 3.73. The third-order valence-corrected chi connectivity index (χ3v) is 9.26. The SMILES string of the molecule is COc1cccc2c1C(=O)c1c(O)c3c(c(O)c1C2=O)CC(O)(/C(CO)=N/OCC(=O)O)CC3OC1CC(NC(=O)C(F)(F)F)C2(O)CC2O1. The van der Waals surface area contributed by atoms with Gasteiger partial charge in [0.05, 0.1) is 48.7 Å². The number of fused-ring (bicyclic) bond motifs is 4. The number of ether oxygens (including phenoxy) is 3. The summed E-state index contributed by atoms with van der Waals surface area (Å²) < 4.78 is 56.2. The predicted octanol–water partition coefficient (Wildman–Crippen LogP) is 0.363. The summed E-state index contributed by atoms with van der Waals surface area (Å²) in [4.78, 5) is 55.0. The van der Waals surface area contributed by atoms with Gasteiger partial charge < -0.3 is 55.0 Å². The number of benzene rings is 2. The van der Waals surface area contributed by atoms with E-state index in [1.807, 2.05) is 0 Å². The number of alkyl halides is 3. The Morgan fingerprint density at radius 3 is 2.42 bits per heavy atom. The highest BCUT2D eigenvalue weighted by Gasteiger charge is 2.65. The number of aliphatic hydroxyl groups excluding tert-OH is 1. The van der Waals surface area contributed by atoms with E-state index in [1.165, 1.54) is 25.3 Å². The number of methoxy groups -OCH3 is 1. The molecule has 0 aromatic heterocycles. The molecule has 16 nitrogen and oxygen atoms in total. The highest BCUT2D eigenvalue weighted by Crippen LogP contribution is 2.54. The monoisotopic (exact) mass is 710 g/mol. The number of phenolic OH excluding ortho intramolecular Hbond substituents is 2. The van der Waals surface area contributed by atoms with Crippen molar-refractivity contribution in [3.8, 4) is 17.2 Å². The zero-order chi connectivity index (χ0) is 36.5. The van der Waals surface area contributed by atoms with Gasteiger partial charge in [-0.25, -0.2) is 4.79 Å². The molecule has 6 rings (SSSR count). The van der Waals surface area contributed by atoms with E-state index in [-0.39, 0.29) is 34.4 Å². The molecule has 6 atom stereocenters. The van der Waals surface area contributed by atoms with Crippen molar-refractivity contribution in [3.63, 3.8) is 0 Å². The first-order valence-corrected chi connectivity index (χ1v) is 15.0. The lowest BCUT2D eigenvalue weighted by atomic mass is 9.71. The van der Waals surface area contributed by atoms with E-state index < -0.39 is 126 Å². The van der Waals surface area contributed by atoms with E-state index >= 15 is 0 Å². The van der Waals surface area contributed by atoms with E-state index in [1.54, 1.807) is 5.32 Å². The summed E-state index contributed by atoms with van der Waals surface area (Å²) in [6.45, 7) is -2.03. The number of oxime groups is 1. The van der Waals surface area contributed by atoms with E-state index in [0.29, 0.717) is 0 Å². The number of carboxylic acid groups (broad SMARTS) is 1. The van der Waals surface area contributed by atoms with Crippen LogP contribution in [0, 0.1) is 0 Å². The minimum atomic E-state index is -5.29. The molecule has 3 aliphatic carbocycles. The molecule has 2 aromatic carbocycles. The van der Waals surface area contributed by atoms with Crippen LogP contribution in [0.5, 0.6) is 17.2 Å². The molecule has 0 bridgehead atoms. The standard InChI is InChI=1S/C31H29F3N2O14/c1-47-13-4-2-3-11-20(13)26(42)23-22(24(11)40)25(41)12-6-29(45,16(9-37)36-48-10-18(38)39)7-14(21(12)27(23)43)49-19-5-15(30(46)8-17(30)50-19)35-28(44)31(32,33)34/h2-4,14-15,17,19,37,41,43,45-46H,5-10H2,1H3,(H,35,44)(H,38,39)/b36-16+. The van der Waals surface area contributed by atoms with E-state index in [9.17, 15) is 57.9 Å². The Labute approximate surface area is 278 Å². The maximum Gasteiger partial charge on any atom is 0.471 e. The lowest BCUT2D eigenvalue weighted by Crippen LogP contribution is -2.55. The quantitative estimate of drug-likeness (QED) is 0.0900. The Hall–Kier alpha value is -4.82. The molecule has 0 radical (unpaired) electrons. The molecule has 7 N–H and O–H groups in total. The number of phenols is 2. The van der Waals surface area contributed by atoms with Gasteiger partial charge in [-0.15, -0.1) is 0 Å². The summed E-state index contributed by atoms with van der Waals surface area (Å²) in [5, 5.41) is 70.2. The number of ketones is 2. The maximum absolute atomic E-state index is 13.9. The molecule has 50 heavy (non-hydrogen) atoms. The lowest BCUT2D eigenvalue weighted by Gasteiger charge is -2.42. The van der Waals surface area contributed by atoms with Gasteiger partial charge in [-0.1, -0.05) is 17.3 Å². The van der Waals surface area contributed by atoms with Crippen LogP contribution in [-0.4, -0.2) is 116 Å². The highest BCUT2D eigenvalue weighted by molar-refractivity contribution is 6.31. The summed E-state index contributed by atoms with van der Waals surface area (Å²) >= 11 is 0. The molecule has 1 aliphatic heterocycles. The number of hydrogen-bond donors (Lipinski definition) is 7. The largest absolute Gasteiger partial charge is 0.507 e. The van der Waals surface area contributed by atoms with E-state index in [4.69, 9.17) is 24.2 Å². The number of carbonyl (C=O) groups is 4. The number of halogens is 3. The molecule has 4 aliphatic rings. The molecule has 2 fully saturated rings. The van der Waals surface area contributed by atoms with Gasteiger partial charge in [0.25, 0.3) is 0 Å². The van der Waals surface area contributed by atoms with Crippen LogP contribution in [0.25, 0.3) is 0 Å². The van der Waals surface area contributed by atoms with Crippen LogP contribution in [0.3, 0.4) is 0 Å². The fraction of sp³-hybridized carbons (Fsp3) is 0.452. The normalized spacial score (nSPS) is 28.5. The Balaban J connectivity index is 1.45. The highest BCUT2D eigenvalue weighted by atomic mass is 19.4. The number of aliphatic carboxylic acids is 1. The molecule has 1 saturated carbocycles. The second-order valence-corrected chi connectivity index (χ2v) is 12.3. The van der Waals surface area contributed by atoms with Crippen LogP contribution in [0.4, 0.5) is 13.2 Å². The third-order valence-electron chi connectivity index (χ3n) is 9.26. The van der Waals surface area contributed by atoms with Crippen molar-refractivity contribution in [1.29, 1.82) is 0 Å². The zero-order valence-electron chi connectivity index (χ0n) is 25.8. The first-order chi connectivity index (χ1) is 23.4. The summed E-state index contributed by atoms with van der Waals surface area (Å²) in [6.07, 6.45) is -11.8. The molecule has 6 unspecified atom stereocenters. The number of nitrogens with one attached hydrogen (secondary N) is 1. The molecule has 19 heteroatoms. The summed E-state index contributed by atoms with van der Waals surface area (Å²) in [5.74, 6) is -7.36. The van der Waals surface area contributed by atoms with Crippen LogP contribution in [0.2, 0.25) is 0 Å². The number of carbonyl (C=O) groups excluding carboxylic acids is 3. The van der Waals surface area contributed by atoms with Crippen molar-refractivity contribution < 1.29 is 82.0 Å². The average molecular weight is 711 g/mol. The lowest BCUT2D eigenvalue weighted by molar-refractivity contribution is -0.227. The fourth-order valence-corrected chi connectivity index (χ4v) is 6.78. The molecular weight excluding hydrogens is 681 g/mol. The number of rotatable bonds is 9. The van der Waals surface area contributed by atoms with Crippen LogP contribution in [-0.2, 0) is 30.3 Å². The maximum atomic E-state index is 13.9. The second kappa shape index (κ2) is 12.2. The Morgan fingerprint density at radius 2 is 1.78 bits per heavy atom. The predicted molar refractivity (Wildman–Crippen MR) is 156 cm³/mol. The smallest absolute Gasteiger partial charge is 0.471 e. The second-order valence-electron chi connectivity index (χ2n) is 12.3. The summed E-state index contributed by atoms with van der Waals surface area (Å²) in [6, 6.07) is 2.58. The van der Waals surface area contributed by atoms with Gasteiger partial charge in [0, 0.05) is 42.4 Å². The van der Waals surface area contributed by atoms with Gasteiger partial charge in [0.1, 0.15) is 34.2 Å². The molecular formula is C31H29F3N2O14. The van der Waals surface area contributed by atoms with Crippen molar-refractivity contribution in [2.45, 2.75) is 67.6 Å². The molecule has 2 aromatic rings. The molecule has 268 valence electrons. The summed E-state index contributed by atoms with van der Waals surface area (Å²) in [5.41, 5.74) is -7.18. The Kier molecular flexibility index (Phi) is 8.54. The summed E-state index contributed by atoms with van der Waals surface area (Å²) in [7, 11) is 1.24. The van der Waals surface area contributed by atoms with Crippen molar-refractivity contribution in [3.05, 3.63) is 51.6 Å². The van der Waals surface area contributed by atoms with E-state index in [0.717, 1.165) is 0 Å². The van der Waals surface area contributed by atoms with Crippen molar-refractivity contribution in [1.82, 2.24) is 5.32 Å². The fourth-order valence-electron chi connectivity index (χ4n) is 6.78. The van der Waals surface area contributed by atoms with E-state index in [2.05, 4.69) is 5.16 Å². The van der Waals surface area contributed by atoms with Crippen molar-refractivity contribution >= 4 is 29.2 Å². The first kappa shape index (κ1) is 35.0. The number of nitrogens with zero attached hydrogens (tertiary/aromatic N) is 1. The van der Waals surface area contributed by atoms with Crippen LogP contribution >= 0.6 is 0 Å². The molecule has 1 amide bonds. The topological polar surface area (TPSA) is 251 Å². The number of carboxylic acids is 1. The molecule has 1 saturated heterocycles. The number of hydrogen-bond acceptors (Lipinski definition) is 14. The number of aliphatic hydroxyl groups is 3. The van der Waals surface area contributed by atoms with Crippen molar-refractivity contribution in [2.75, 3.05) is 20.3 Å². The Bertz CT molecular complexity index is 1850. The minimum absolute atomic E-state index is 0.0186. The molecule has 0 spiro atoms. The van der Waals surface area contributed by atoms with Gasteiger partial charge in [-0.3, -0.25) is 14.4 Å². The van der Waals surface area contributed by atoms with Crippen LogP contribution < -0.4 is 10.1 Å². The minimum Gasteiger partial charge on any atom is -0.507 e. The Morgan fingerprint density at radius 1 is 1.08 bits per heavy atom. The number of amides is 1. The van der Waals surface area contributed by atoms with Gasteiger partial charge in [-0.05, 0) is 6.07 Å². The molecule has 1 heterocycles. The first-order valence-electron chi connectivity index (χ1n) is 15.0. The number of aromatic hydroxyl groups is 2. The van der Waals surface area contributed by atoms with Gasteiger partial charge in [-0.2, -0.15) is 13.2 Å². The van der Waals surface area contributed by atoms with Crippen LogP contribution in [0.15, 0.2) is 23.4 Å². The zero-order valence-corrected chi connectivity index (χ0v) is 25.8. The van der Waals surface area contributed by atoms with Gasteiger partial charge in [0.2, 0.25) is 12.4 Å². The van der Waals surface area contributed by atoms with Gasteiger partial charge >= 0.3 is 18.1 Å². The van der Waals surface area contributed by atoms with Crippen LogP contribution in [0.1, 0.15) is 68.3 Å². The van der Waals surface area contributed by atoms with Crippen molar-refractivity contribution in [2.24, 2.45) is 5.16 Å². The van der Waals surface area contributed by atoms with Gasteiger partial charge in [0.15, 0.2) is 12.1 Å². The third kappa shape index (κ3) is 5.69.